The van der Waals surface area contributed by atoms with Gasteiger partial charge >= 0.3 is 0 Å². The molecule has 662 valence electrons. The van der Waals surface area contributed by atoms with E-state index in [4.69, 9.17) is 0 Å². The van der Waals surface area contributed by atoms with Gasteiger partial charge in [-0.25, -0.2) is 0 Å². The highest BCUT2D eigenvalue weighted by molar-refractivity contribution is 7.68. The molecular weight excluding hydrogens is 1710 g/mol. The maximum atomic E-state index is 2.52. The molecule has 0 unspecified atom stereocenters. The molecule has 6 heteroatoms. The van der Waals surface area contributed by atoms with Crippen molar-refractivity contribution in [1.29, 1.82) is 0 Å². The fourth-order valence-corrected chi connectivity index (χ4v) is 25.3. The van der Waals surface area contributed by atoms with Crippen molar-refractivity contribution in [1.82, 2.24) is 0 Å². The highest BCUT2D eigenvalue weighted by Gasteiger charge is 2.40. The molecule has 1 aromatic heterocycles. The molecule has 3 aliphatic rings. The summed E-state index contributed by atoms with van der Waals surface area (Å²) in [6.45, 7) is 9.54. The molecule has 0 saturated carbocycles. The molecule has 2 aliphatic carbocycles. The van der Waals surface area contributed by atoms with Gasteiger partial charge in [0, 0.05) is 94.0 Å². The molecule has 0 bridgehead atoms. The molecule has 0 amide bonds. The van der Waals surface area contributed by atoms with E-state index in [2.05, 4.69) is 569 Å². The third-order valence-electron chi connectivity index (χ3n) is 29.4. The maximum absolute atomic E-state index is 2.52. The van der Waals surface area contributed by atoms with Crippen LogP contribution in [0.2, 0.25) is 0 Å². The van der Waals surface area contributed by atoms with Crippen molar-refractivity contribution < 1.29 is 0 Å². The summed E-state index contributed by atoms with van der Waals surface area (Å²) in [5.41, 5.74) is 40.2. The summed E-state index contributed by atoms with van der Waals surface area (Å²) in [7, 11) is -1.12. The van der Waals surface area contributed by atoms with Crippen LogP contribution in [0.3, 0.4) is 0 Å². The van der Waals surface area contributed by atoms with E-state index in [9.17, 15) is 0 Å². The quantitative estimate of drug-likeness (QED) is 0.0794. The third kappa shape index (κ3) is 15.0. The van der Waals surface area contributed by atoms with Crippen LogP contribution in [0.25, 0.3) is 126 Å². The lowest BCUT2D eigenvalue weighted by Gasteiger charge is -2.31. The first-order chi connectivity index (χ1) is 68.9. The first kappa shape index (κ1) is 84.7. The molecule has 2 heterocycles. The zero-order chi connectivity index (χ0) is 93.5. The number of hydrogen-bond acceptors (Lipinski definition) is 4. The minimum Gasteiger partial charge on any atom is -0.310 e. The lowest BCUT2D eigenvalue weighted by molar-refractivity contribution is 0.660. The van der Waals surface area contributed by atoms with Crippen LogP contribution in [0.5, 0.6) is 0 Å². The van der Waals surface area contributed by atoms with Gasteiger partial charge in [0.25, 0.3) is 0 Å². The van der Waals surface area contributed by atoms with E-state index in [0.717, 1.165) is 68.2 Å². The lowest BCUT2D eigenvalue weighted by Crippen LogP contribution is -2.49. The average Bonchev–Trinajstić information content (AvgIpc) is 1.55. The van der Waals surface area contributed by atoms with Gasteiger partial charge in [0.15, 0.2) is 0 Å². The van der Waals surface area contributed by atoms with Gasteiger partial charge in [-0.05, 0) is 292 Å². The molecule has 0 saturated heterocycles. The number of rotatable bonds is 18. The molecule has 23 aromatic rings. The zero-order valence-electron chi connectivity index (χ0n) is 78.5. The van der Waals surface area contributed by atoms with Crippen LogP contribution in [0.4, 0.5) is 68.2 Å². The van der Waals surface area contributed by atoms with Crippen molar-refractivity contribution in [3.8, 4) is 83.2 Å². The molecule has 26 rings (SSSR count). The second-order valence-corrected chi connectivity index (χ2v) is 40.4. The topological polar surface area (TPSA) is 13.0 Å². The van der Waals surface area contributed by atoms with Crippen molar-refractivity contribution in [3.05, 3.63) is 544 Å². The van der Waals surface area contributed by atoms with Gasteiger partial charge in [0.05, 0.1) is 11.4 Å². The van der Waals surface area contributed by atoms with E-state index in [-0.39, 0.29) is 17.5 Å². The Kier molecular flexibility index (Phi) is 21.3. The standard InChI is InChI=1S/C80H59N2P.C54H39BN2/c1-79(2)71-33-17-15-31-65(71)67-41-37-56(47-73(67)79)54-39-43-77-69(45-54)70-46-55(57-38-42-68-66-32-16-18-34-72(66)80(3,4)74(68)48-57)40-44-78(70)83(77)62-50-60(81(58-25-7-5-8-26-58)75-35-19-23-52-21-11-13-29-63(52)75)49-61(51-62)82(59-27-9-6-10-28-59)76-36-20-24-53-22-12-14-30-64(53)76;1-7-19-40(20-8-1)42-31-33-53-51(35-42)52-36-43(41-21-9-2-10-22-41)32-34-54(52)55(53)44-37-49(56(45-23-11-3-12-24-45)46-25-13-4-14-26-46)39-50(38-44)57(47-27-15-5-16-28-47)48-29-17-6-18-30-48/h5-51H,1-4H3;1-39H. The summed E-state index contributed by atoms with van der Waals surface area (Å²) in [6.07, 6.45) is 0. The number of hydrogen-bond donors (Lipinski definition) is 0. The summed E-state index contributed by atoms with van der Waals surface area (Å²) >= 11 is 0. The molecule has 0 N–H and O–H groups in total. The lowest BCUT2D eigenvalue weighted by atomic mass is 9.39. The van der Waals surface area contributed by atoms with Crippen LogP contribution < -0.4 is 36.0 Å². The van der Waals surface area contributed by atoms with Crippen LogP contribution in [-0.2, 0) is 10.8 Å². The smallest absolute Gasteiger partial charge is 0.243 e. The van der Waals surface area contributed by atoms with E-state index in [1.54, 1.807) is 0 Å². The van der Waals surface area contributed by atoms with Crippen LogP contribution in [0.1, 0.15) is 49.9 Å². The molecule has 22 aromatic carbocycles. The number of anilines is 12. The Morgan fingerprint density at radius 1 is 0.186 bits per heavy atom. The second kappa shape index (κ2) is 35.2. The van der Waals surface area contributed by atoms with Crippen LogP contribution in [0, 0.1) is 0 Å². The van der Waals surface area contributed by atoms with Gasteiger partial charge < -0.3 is 19.6 Å². The monoisotopic (exact) mass is 1800 g/mol. The van der Waals surface area contributed by atoms with E-state index in [1.165, 1.54) is 164 Å². The fourth-order valence-electron chi connectivity index (χ4n) is 22.7. The average molecular weight is 1810 g/mol. The number of benzene rings is 22. The molecule has 0 radical (unpaired) electrons. The molecule has 0 fully saturated rings. The van der Waals surface area contributed by atoms with Crippen molar-refractivity contribution in [2.24, 2.45) is 0 Å². The first-order valence-corrected chi connectivity index (χ1v) is 50.0. The Labute approximate surface area is 820 Å². The van der Waals surface area contributed by atoms with Crippen LogP contribution in [0.15, 0.2) is 522 Å². The molecule has 0 spiro atoms. The SMILES string of the molecule is CC1(C)c2ccccc2-c2ccc(-c3ccc4c(c3)c3cc(-c5ccc6c(c5)C(C)(C)c5ccccc5-6)ccc3p4-c3cc(N(c4ccccc4)c4cccc5ccccc45)cc(N(c4ccccc4)c4cccc5ccccc45)c3)cc21.c1ccc(-c2ccc3c(c2)-c2cc(-c4ccccc4)ccc2B3c2cc(N(c3ccccc3)c3ccccc3)cc(N(c3ccccc3)c3ccccc3)c2)cc1. The summed E-state index contributed by atoms with van der Waals surface area (Å²) < 4.78 is 0. The summed E-state index contributed by atoms with van der Waals surface area (Å²) in [5, 5.41) is 11.4. The van der Waals surface area contributed by atoms with E-state index < -0.39 is 7.53 Å². The number of fused-ring (bicyclic) bond motifs is 14. The van der Waals surface area contributed by atoms with Crippen molar-refractivity contribution in [2.75, 3.05) is 19.6 Å². The Hall–Kier alpha value is -17.1. The van der Waals surface area contributed by atoms with E-state index >= 15 is 0 Å². The highest BCUT2D eigenvalue weighted by Crippen LogP contribution is 2.61. The molecule has 1 aliphatic heterocycles. The third-order valence-corrected chi connectivity index (χ3v) is 31.9. The predicted molar refractivity (Wildman–Crippen MR) is 599 cm³/mol. The largest absolute Gasteiger partial charge is 0.310 e. The van der Waals surface area contributed by atoms with Gasteiger partial charge in [-0.15, -0.1) is 0 Å². The van der Waals surface area contributed by atoms with Crippen molar-refractivity contribution in [3.63, 3.8) is 0 Å². The van der Waals surface area contributed by atoms with Crippen LogP contribution in [-0.4, -0.2) is 6.71 Å². The Bertz CT molecular complexity index is 8100. The number of para-hydroxylation sites is 6. The van der Waals surface area contributed by atoms with Gasteiger partial charge in [-0.1, -0.05) is 403 Å². The highest BCUT2D eigenvalue weighted by atomic mass is 31.1. The normalized spacial score (nSPS) is 12.7. The summed E-state index contributed by atoms with van der Waals surface area (Å²) in [5.74, 6) is 0. The first-order valence-electron chi connectivity index (χ1n) is 48.7. The Morgan fingerprint density at radius 3 is 0.864 bits per heavy atom. The molecular formula is C134H98BN4P. The molecule has 140 heavy (non-hydrogen) atoms. The number of nitrogens with zero attached hydrogens (tertiary/aromatic N) is 4. The second-order valence-electron chi connectivity index (χ2n) is 38.3. The predicted octanol–water partition coefficient (Wildman–Crippen LogP) is 35.6. The summed E-state index contributed by atoms with van der Waals surface area (Å²) in [6, 6.07) is 193. The van der Waals surface area contributed by atoms with Gasteiger partial charge in [-0.3, -0.25) is 0 Å². The zero-order valence-corrected chi connectivity index (χ0v) is 79.4. The summed E-state index contributed by atoms with van der Waals surface area (Å²) in [4.78, 5) is 9.74. The van der Waals surface area contributed by atoms with Crippen LogP contribution >= 0.6 is 7.53 Å². The Morgan fingerprint density at radius 2 is 0.479 bits per heavy atom. The van der Waals surface area contributed by atoms with Gasteiger partial charge in [-0.2, -0.15) is 0 Å². The van der Waals surface area contributed by atoms with Gasteiger partial charge in [0.1, 0.15) is 0 Å². The minimum atomic E-state index is -1.12. The maximum Gasteiger partial charge on any atom is 0.243 e. The Balaban J connectivity index is 0.000000159. The van der Waals surface area contributed by atoms with Gasteiger partial charge in [0.2, 0.25) is 6.71 Å². The minimum absolute atomic E-state index is 0.00476. The van der Waals surface area contributed by atoms with E-state index in [1.807, 2.05) is 0 Å². The van der Waals surface area contributed by atoms with E-state index in [0.29, 0.717) is 0 Å². The fraction of sp³-hybridized carbons (Fsp3) is 0.0448. The molecule has 4 nitrogen and oxygen atoms in total. The van der Waals surface area contributed by atoms with Crippen molar-refractivity contribution >= 4 is 141 Å². The molecule has 0 atom stereocenters. The van der Waals surface area contributed by atoms with Crippen molar-refractivity contribution in [2.45, 2.75) is 38.5 Å².